The molecule has 2 atom stereocenters. The van der Waals surface area contributed by atoms with E-state index >= 15 is 0 Å². The fraction of sp³-hybridized carbons (Fsp3) is 0.750. The third kappa shape index (κ3) is 2.19. The fourth-order valence-electron chi connectivity index (χ4n) is 3.14. The minimum Gasteiger partial charge on any atom is -0.339 e. The molecule has 2 fully saturated rings. The first-order valence-corrected chi connectivity index (χ1v) is 8.16. The molecular weight excluding hydrogens is 264 g/mol. The summed E-state index contributed by atoms with van der Waals surface area (Å²) in [5, 5.41) is 0.160. The lowest BCUT2D eigenvalue weighted by molar-refractivity contribution is 0.117. The van der Waals surface area contributed by atoms with Gasteiger partial charge in [0.1, 0.15) is 0 Å². The van der Waals surface area contributed by atoms with E-state index in [0.29, 0.717) is 12.6 Å². The molecule has 106 valence electrons. The third-order valence-corrected chi connectivity index (χ3v) is 6.00. The molecule has 3 heterocycles. The van der Waals surface area contributed by atoms with Gasteiger partial charge in [-0.05, 0) is 26.3 Å². The van der Waals surface area contributed by atoms with E-state index in [4.69, 9.17) is 0 Å². The van der Waals surface area contributed by atoms with Crippen LogP contribution in [0.2, 0.25) is 0 Å². The number of piperazine rings is 1. The summed E-state index contributed by atoms with van der Waals surface area (Å²) in [6.07, 6.45) is 5.38. The summed E-state index contributed by atoms with van der Waals surface area (Å²) in [6.45, 7) is 4.51. The zero-order chi connectivity index (χ0) is 13.6. The van der Waals surface area contributed by atoms with Crippen molar-refractivity contribution < 1.29 is 8.42 Å². The lowest BCUT2D eigenvalue weighted by Crippen LogP contribution is -2.56. The van der Waals surface area contributed by atoms with Crippen molar-refractivity contribution in [3.05, 3.63) is 12.5 Å². The molecule has 19 heavy (non-hydrogen) atoms. The molecule has 3 rings (SSSR count). The SMILES string of the molecule is C[C@H]1CN2CCC[C@H]2CN1S(=O)(=O)c1cn(C)cn1. The second-order valence-electron chi connectivity index (χ2n) is 5.59. The smallest absolute Gasteiger partial charge is 0.262 e. The Morgan fingerprint density at radius 2 is 2.16 bits per heavy atom. The largest absolute Gasteiger partial charge is 0.339 e. The minimum atomic E-state index is -3.45. The first kappa shape index (κ1) is 13.1. The van der Waals surface area contributed by atoms with Crippen LogP contribution in [0.4, 0.5) is 0 Å². The lowest BCUT2D eigenvalue weighted by atomic mass is 10.1. The Morgan fingerprint density at radius 3 is 2.84 bits per heavy atom. The van der Waals surface area contributed by atoms with Crippen molar-refractivity contribution in [1.29, 1.82) is 0 Å². The van der Waals surface area contributed by atoms with E-state index in [-0.39, 0.29) is 11.1 Å². The minimum absolute atomic E-state index is 0.0151. The number of nitrogens with zero attached hydrogens (tertiary/aromatic N) is 4. The fourth-order valence-corrected chi connectivity index (χ4v) is 4.77. The number of sulfonamides is 1. The molecule has 2 saturated heterocycles. The van der Waals surface area contributed by atoms with Gasteiger partial charge in [-0.2, -0.15) is 4.31 Å². The summed E-state index contributed by atoms with van der Waals surface area (Å²) in [6, 6.07) is 0.399. The van der Waals surface area contributed by atoms with Crippen LogP contribution >= 0.6 is 0 Å². The number of hydrogen-bond acceptors (Lipinski definition) is 4. The van der Waals surface area contributed by atoms with Gasteiger partial charge in [0.25, 0.3) is 10.0 Å². The summed E-state index contributed by atoms with van der Waals surface area (Å²) >= 11 is 0. The van der Waals surface area contributed by atoms with Gasteiger partial charge in [0.2, 0.25) is 0 Å². The van der Waals surface area contributed by atoms with Gasteiger partial charge in [-0.15, -0.1) is 0 Å². The quantitative estimate of drug-likeness (QED) is 0.782. The third-order valence-electron chi connectivity index (χ3n) is 4.13. The second-order valence-corrected chi connectivity index (χ2v) is 7.43. The van der Waals surface area contributed by atoms with Gasteiger partial charge in [0.15, 0.2) is 5.03 Å². The predicted molar refractivity (Wildman–Crippen MR) is 71.2 cm³/mol. The number of rotatable bonds is 2. The Morgan fingerprint density at radius 1 is 1.37 bits per heavy atom. The molecular formula is C12H20N4O2S. The molecule has 0 bridgehead atoms. The van der Waals surface area contributed by atoms with Crippen molar-refractivity contribution in [1.82, 2.24) is 18.8 Å². The highest BCUT2D eigenvalue weighted by molar-refractivity contribution is 7.89. The van der Waals surface area contributed by atoms with Crippen LogP contribution < -0.4 is 0 Å². The average molecular weight is 284 g/mol. The van der Waals surface area contributed by atoms with E-state index in [2.05, 4.69) is 9.88 Å². The van der Waals surface area contributed by atoms with Gasteiger partial charge in [0, 0.05) is 38.4 Å². The summed E-state index contributed by atoms with van der Waals surface area (Å²) < 4.78 is 28.6. The molecule has 6 nitrogen and oxygen atoms in total. The van der Waals surface area contributed by atoms with Crippen LogP contribution in [0, 0.1) is 0 Å². The van der Waals surface area contributed by atoms with Gasteiger partial charge < -0.3 is 4.57 Å². The van der Waals surface area contributed by atoms with Gasteiger partial charge in [-0.3, -0.25) is 4.90 Å². The van der Waals surface area contributed by atoms with Gasteiger partial charge >= 0.3 is 0 Å². The summed E-state index contributed by atoms with van der Waals surface area (Å²) in [5.74, 6) is 0. The highest BCUT2D eigenvalue weighted by Gasteiger charge is 2.40. The molecule has 7 heteroatoms. The Bertz CT molecular complexity index is 568. The summed E-state index contributed by atoms with van der Waals surface area (Å²) in [5.41, 5.74) is 0. The molecule has 0 spiro atoms. The van der Waals surface area contributed by atoms with E-state index in [1.165, 1.54) is 12.7 Å². The van der Waals surface area contributed by atoms with Crippen molar-refractivity contribution in [3.63, 3.8) is 0 Å². The average Bonchev–Trinajstić information content (AvgIpc) is 2.96. The Hall–Kier alpha value is -0.920. The molecule has 0 unspecified atom stereocenters. The van der Waals surface area contributed by atoms with E-state index in [9.17, 15) is 8.42 Å². The number of imidazole rings is 1. The van der Waals surface area contributed by atoms with E-state index in [0.717, 1.165) is 19.5 Å². The lowest BCUT2D eigenvalue weighted by Gasteiger charge is -2.40. The number of hydrogen-bond donors (Lipinski definition) is 0. The number of aryl methyl sites for hydroxylation is 1. The zero-order valence-electron chi connectivity index (χ0n) is 11.4. The Kier molecular flexibility index (Phi) is 3.15. The first-order valence-electron chi connectivity index (χ1n) is 6.72. The van der Waals surface area contributed by atoms with Crippen molar-refractivity contribution in [3.8, 4) is 0 Å². The maximum absolute atomic E-state index is 12.6. The molecule has 0 aliphatic carbocycles. The van der Waals surface area contributed by atoms with Crippen LogP contribution in [0.5, 0.6) is 0 Å². The Labute approximate surface area is 114 Å². The highest BCUT2D eigenvalue weighted by atomic mass is 32.2. The highest BCUT2D eigenvalue weighted by Crippen LogP contribution is 2.28. The van der Waals surface area contributed by atoms with Crippen molar-refractivity contribution in [2.45, 2.75) is 36.9 Å². The Balaban J connectivity index is 1.88. The van der Waals surface area contributed by atoms with Crippen LogP contribution in [-0.4, -0.2) is 58.9 Å². The van der Waals surface area contributed by atoms with Crippen LogP contribution in [-0.2, 0) is 17.1 Å². The maximum atomic E-state index is 12.6. The maximum Gasteiger partial charge on any atom is 0.262 e. The number of fused-ring (bicyclic) bond motifs is 1. The van der Waals surface area contributed by atoms with Crippen LogP contribution in [0.15, 0.2) is 17.6 Å². The van der Waals surface area contributed by atoms with Crippen molar-refractivity contribution >= 4 is 10.0 Å². The molecule has 0 aromatic carbocycles. The predicted octanol–water partition coefficient (Wildman–Crippen LogP) is 0.277. The standard InChI is InChI=1S/C12H20N4O2S/c1-10-6-15-5-3-4-11(15)7-16(10)19(17,18)12-8-14(2)9-13-12/h8-11H,3-7H2,1-2H3/t10-,11-/m0/s1. The van der Waals surface area contributed by atoms with Gasteiger partial charge in [-0.25, -0.2) is 13.4 Å². The summed E-state index contributed by atoms with van der Waals surface area (Å²) in [7, 11) is -1.67. The molecule has 0 radical (unpaired) electrons. The molecule has 1 aromatic heterocycles. The molecule has 0 saturated carbocycles. The van der Waals surface area contributed by atoms with Crippen LogP contribution in [0.25, 0.3) is 0 Å². The number of aromatic nitrogens is 2. The van der Waals surface area contributed by atoms with Crippen molar-refractivity contribution in [2.24, 2.45) is 7.05 Å². The summed E-state index contributed by atoms with van der Waals surface area (Å²) in [4.78, 5) is 6.41. The molecule has 2 aliphatic rings. The van der Waals surface area contributed by atoms with Gasteiger partial charge in [0.05, 0.1) is 6.33 Å². The van der Waals surface area contributed by atoms with Crippen molar-refractivity contribution in [2.75, 3.05) is 19.6 Å². The first-order chi connectivity index (χ1) is 8.98. The van der Waals surface area contributed by atoms with E-state index in [1.807, 2.05) is 6.92 Å². The van der Waals surface area contributed by atoms with Gasteiger partial charge in [-0.1, -0.05) is 0 Å². The molecule has 0 N–H and O–H groups in total. The zero-order valence-corrected chi connectivity index (χ0v) is 12.2. The van der Waals surface area contributed by atoms with E-state index < -0.39 is 10.0 Å². The molecule has 2 aliphatic heterocycles. The molecule has 1 aromatic rings. The molecule has 0 amide bonds. The normalized spacial score (nSPS) is 29.6. The second kappa shape index (κ2) is 4.57. The van der Waals surface area contributed by atoms with E-state index in [1.54, 1.807) is 22.1 Å². The van der Waals surface area contributed by atoms with Crippen LogP contribution in [0.1, 0.15) is 19.8 Å². The topological polar surface area (TPSA) is 58.4 Å². The van der Waals surface area contributed by atoms with Crippen LogP contribution in [0.3, 0.4) is 0 Å². The monoisotopic (exact) mass is 284 g/mol.